The van der Waals surface area contributed by atoms with Crippen LogP contribution in [0.2, 0.25) is 0 Å². The minimum atomic E-state index is -0.758. The van der Waals surface area contributed by atoms with E-state index in [1.54, 1.807) is 0 Å². The van der Waals surface area contributed by atoms with Crippen molar-refractivity contribution in [2.75, 3.05) is 18.1 Å². The molecule has 2 atom stereocenters. The molecule has 1 rings (SSSR count). The summed E-state index contributed by atoms with van der Waals surface area (Å²) >= 11 is 0. The summed E-state index contributed by atoms with van der Waals surface area (Å²) in [7, 11) is -0.758. The maximum atomic E-state index is 11.6. The van der Waals surface area contributed by atoms with E-state index < -0.39 is 10.8 Å². The molecule has 0 aliphatic heterocycles. The van der Waals surface area contributed by atoms with E-state index in [4.69, 9.17) is 10.5 Å². The molecule has 2 unspecified atom stereocenters. The van der Waals surface area contributed by atoms with Gasteiger partial charge in [-0.1, -0.05) is 18.2 Å². The van der Waals surface area contributed by atoms with Crippen molar-refractivity contribution in [2.24, 2.45) is 5.73 Å². The smallest absolute Gasteiger partial charge is 0.119 e. The minimum absolute atomic E-state index is 0.138. The molecular formula is C13H21NO2S. The maximum Gasteiger partial charge on any atom is 0.119 e. The highest BCUT2D eigenvalue weighted by molar-refractivity contribution is 7.84. The molecule has 1 aromatic carbocycles. The second kappa shape index (κ2) is 8.25. The summed E-state index contributed by atoms with van der Waals surface area (Å²) in [4.78, 5) is 0. The molecule has 0 radical (unpaired) electrons. The summed E-state index contributed by atoms with van der Waals surface area (Å²) in [6.07, 6.45) is 1.65. The Morgan fingerprint density at radius 1 is 1.29 bits per heavy atom. The van der Waals surface area contributed by atoms with Crippen LogP contribution in [0.25, 0.3) is 0 Å². The zero-order chi connectivity index (χ0) is 12.5. The van der Waals surface area contributed by atoms with E-state index in [1.807, 2.05) is 37.3 Å². The Bertz CT molecular complexity index is 327. The van der Waals surface area contributed by atoms with Gasteiger partial charge in [0.05, 0.1) is 6.61 Å². The quantitative estimate of drug-likeness (QED) is 0.722. The lowest BCUT2D eigenvalue weighted by Crippen LogP contribution is -2.19. The van der Waals surface area contributed by atoms with Crippen LogP contribution >= 0.6 is 0 Å². The number of ether oxygens (including phenoxy) is 1. The molecule has 0 aromatic heterocycles. The van der Waals surface area contributed by atoms with Crippen molar-refractivity contribution < 1.29 is 8.95 Å². The van der Waals surface area contributed by atoms with Crippen LogP contribution in [0.4, 0.5) is 0 Å². The topological polar surface area (TPSA) is 52.3 Å². The second-order valence-corrected chi connectivity index (χ2v) is 5.83. The molecule has 3 nitrogen and oxygen atoms in total. The molecule has 0 saturated heterocycles. The van der Waals surface area contributed by atoms with Crippen LogP contribution in [-0.2, 0) is 10.8 Å². The number of para-hydroxylation sites is 1. The van der Waals surface area contributed by atoms with Gasteiger partial charge in [0.2, 0.25) is 0 Å². The Balaban J connectivity index is 2.06. The third-order valence-corrected chi connectivity index (χ3v) is 3.76. The molecule has 0 fully saturated rings. The zero-order valence-electron chi connectivity index (χ0n) is 10.3. The first-order chi connectivity index (χ1) is 8.18. The third-order valence-electron chi connectivity index (χ3n) is 2.33. The van der Waals surface area contributed by atoms with Gasteiger partial charge >= 0.3 is 0 Å². The lowest BCUT2D eigenvalue weighted by Gasteiger charge is -2.07. The monoisotopic (exact) mass is 255 g/mol. The summed E-state index contributed by atoms with van der Waals surface area (Å²) in [5, 5.41) is 0. The highest BCUT2D eigenvalue weighted by atomic mass is 32.2. The molecule has 0 aliphatic carbocycles. The van der Waals surface area contributed by atoms with Crippen LogP contribution in [0.5, 0.6) is 5.75 Å². The van der Waals surface area contributed by atoms with Crippen molar-refractivity contribution in [3.05, 3.63) is 30.3 Å². The Labute approximate surface area is 106 Å². The SMILES string of the molecule is CC(N)CCS(=O)CCCOc1ccccc1. The predicted molar refractivity (Wildman–Crippen MR) is 72.7 cm³/mol. The molecule has 0 heterocycles. The molecule has 0 aliphatic rings. The lowest BCUT2D eigenvalue weighted by molar-refractivity contribution is 0.318. The van der Waals surface area contributed by atoms with Gasteiger partial charge in [-0.3, -0.25) is 4.21 Å². The Morgan fingerprint density at radius 2 is 2.00 bits per heavy atom. The van der Waals surface area contributed by atoms with E-state index in [-0.39, 0.29) is 6.04 Å². The fourth-order valence-electron chi connectivity index (χ4n) is 1.35. The van der Waals surface area contributed by atoms with E-state index in [2.05, 4.69) is 0 Å². The Morgan fingerprint density at radius 3 is 2.65 bits per heavy atom. The van der Waals surface area contributed by atoms with Crippen LogP contribution < -0.4 is 10.5 Å². The van der Waals surface area contributed by atoms with Gasteiger partial charge in [-0.2, -0.15) is 0 Å². The summed E-state index contributed by atoms with van der Waals surface area (Å²) in [6.45, 7) is 2.56. The second-order valence-electron chi connectivity index (χ2n) is 4.13. The van der Waals surface area contributed by atoms with Crippen LogP contribution in [0.3, 0.4) is 0 Å². The number of benzene rings is 1. The van der Waals surface area contributed by atoms with Gasteiger partial charge in [-0.25, -0.2) is 0 Å². The molecule has 0 amide bonds. The van der Waals surface area contributed by atoms with Crippen molar-refractivity contribution >= 4 is 10.8 Å². The van der Waals surface area contributed by atoms with Crippen LogP contribution in [0.15, 0.2) is 30.3 Å². The Kier molecular flexibility index (Phi) is 6.89. The van der Waals surface area contributed by atoms with Gasteiger partial charge in [0.1, 0.15) is 5.75 Å². The first kappa shape index (κ1) is 14.2. The minimum Gasteiger partial charge on any atom is -0.494 e. The van der Waals surface area contributed by atoms with Crippen molar-refractivity contribution in [1.29, 1.82) is 0 Å². The van der Waals surface area contributed by atoms with Crippen molar-refractivity contribution in [3.63, 3.8) is 0 Å². The van der Waals surface area contributed by atoms with Gasteiger partial charge in [-0.05, 0) is 31.9 Å². The summed E-state index contributed by atoms with van der Waals surface area (Å²) in [5.74, 6) is 2.26. The molecule has 0 bridgehead atoms. The van der Waals surface area contributed by atoms with Crippen LogP contribution in [0, 0.1) is 0 Å². The first-order valence-electron chi connectivity index (χ1n) is 5.97. The summed E-state index contributed by atoms with van der Waals surface area (Å²) < 4.78 is 17.1. The third kappa shape index (κ3) is 7.13. The molecule has 17 heavy (non-hydrogen) atoms. The van der Waals surface area contributed by atoms with E-state index in [1.165, 1.54) is 0 Å². The first-order valence-corrected chi connectivity index (χ1v) is 7.45. The molecule has 4 heteroatoms. The van der Waals surface area contributed by atoms with Crippen molar-refractivity contribution in [2.45, 2.75) is 25.8 Å². The van der Waals surface area contributed by atoms with E-state index in [0.717, 1.165) is 18.6 Å². The van der Waals surface area contributed by atoms with Crippen molar-refractivity contribution in [3.8, 4) is 5.75 Å². The van der Waals surface area contributed by atoms with E-state index in [0.29, 0.717) is 18.1 Å². The van der Waals surface area contributed by atoms with Crippen molar-refractivity contribution in [1.82, 2.24) is 0 Å². The molecule has 0 saturated carbocycles. The number of rotatable bonds is 8. The maximum absolute atomic E-state index is 11.6. The van der Waals surface area contributed by atoms with Gasteiger partial charge in [-0.15, -0.1) is 0 Å². The fraction of sp³-hybridized carbons (Fsp3) is 0.538. The average Bonchev–Trinajstić information content (AvgIpc) is 2.33. The summed E-state index contributed by atoms with van der Waals surface area (Å²) in [6, 6.07) is 9.82. The van der Waals surface area contributed by atoms with Crippen LogP contribution in [0.1, 0.15) is 19.8 Å². The molecule has 96 valence electrons. The standard InChI is InChI=1S/C13H21NO2S/c1-12(14)8-11-17(15)10-5-9-16-13-6-3-2-4-7-13/h2-4,6-7,12H,5,8-11,14H2,1H3. The Hall–Kier alpha value is -0.870. The normalized spacial score (nSPS) is 14.2. The summed E-state index contributed by atoms with van der Waals surface area (Å²) in [5.41, 5.74) is 5.61. The fourth-order valence-corrected chi connectivity index (χ4v) is 2.62. The van der Waals surface area contributed by atoms with E-state index >= 15 is 0 Å². The van der Waals surface area contributed by atoms with E-state index in [9.17, 15) is 4.21 Å². The number of hydrogen-bond donors (Lipinski definition) is 1. The highest BCUT2D eigenvalue weighted by Gasteiger charge is 2.02. The highest BCUT2D eigenvalue weighted by Crippen LogP contribution is 2.08. The van der Waals surface area contributed by atoms with Gasteiger partial charge in [0, 0.05) is 28.3 Å². The zero-order valence-corrected chi connectivity index (χ0v) is 11.1. The van der Waals surface area contributed by atoms with Gasteiger partial charge in [0.15, 0.2) is 0 Å². The van der Waals surface area contributed by atoms with Gasteiger partial charge in [0.25, 0.3) is 0 Å². The predicted octanol–water partition coefficient (Wildman–Crippen LogP) is 1.94. The molecular weight excluding hydrogens is 234 g/mol. The molecule has 2 N–H and O–H groups in total. The van der Waals surface area contributed by atoms with Crippen LogP contribution in [-0.4, -0.2) is 28.4 Å². The molecule has 0 spiro atoms. The number of nitrogens with two attached hydrogens (primary N) is 1. The average molecular weight is 255 g/mol. The number of hydrogen-bond acceptors (Lipinski definition) is 3. The molecule has 1 aromatic rings. The van der Waals surface area contributed by atoms with Gasteiger partial charge < -0.3 is 10.5 Å². The largest absolute Gasteiger partial charge is 0.494 e. The lowest BCUT2D eigenvalue weighted by atomic mass is 10.3.